The van der Waals surface area contributed by atoms with E-state index in [2.05, 4.69) is 10.5 Å². The number of rotatable bonds is 2. The molecular weight excluding hydrogens is 225 g/mol. The van der Waals surface area contributed by atoms with Crippen molar-refractivity contribution >= 4 is 17.3 Å². The summed E-state index contributed by atoms with van der Waals surface area (Å²) in [4.78, 5) is 21.1. The molecule has 4 nitrogen and oxygen atoms in total. The second kappa shape index (κ2) is 4.30. The molecule has 1 aromatic carbocycles. The highest BCUT2D eigenvalue weighted by Crippen LogP contribution is 2.40. The van der Waals surface area contributed by atoms with Crippen LogP contribution in [0.25, 0.3) is 0 Å². The number of amides is 1. The second-order valence-corrected chi connectivity index (χ2v) is 2.97. The van der Waals surface area contributed by atoms with Crippen molar-refractivity contribution in [3.8, 4) is 0 Å². The van der Waals surface area contributed by atoms with Gasteiger partial charge in [-0.25, -0.2) is 0 Å². The van der Waals surface area contributed by atoms with Crippen molar-refractivity contribution in [1.29, 1.82) is 0 Å². The van der Waals surface area contributed by atoms with Crippen molar-refractivity contribution < 1.29 is 18.0 Å². The van der Waals surface area contributed by atoms with Crippen molar-refractivity contribution in [3.05, 3.63) is 28.7 Å². The van der Waals surface area contributed by atoms with E-state index in [0.717, 1.165) is 19.1 Å². The van der Waals surface area contributed by atoms with Crippen LogP contribution in [0.15, 0.2) is 23.4 Å². The summed E-state index contributed by atoms with van der Waals surface area (Å²) in [5, 5.41) is 4.41. The van der Waals surface area contributed by atoms with Gasteiger partial charge in [-0.05, 0) is 17.3 Å². The summed E-state index contributed by atoms with van der Waals surface area (Å²) >= 11 is 0. The third-order valence-corrected chi connectivity index (χ3v) is 1.74. The smallest absolute Gasteiger partial charge is 0.324 e. The van der Waals surface area contributed by atoms with E-state index in [1.165, 1.54) is 6.07 Å². The Morgan fingerprint density at radius 1 is 1.38 bits per heavy atom. The zero-order valence-corrected chi connectivity index (χ0v) is 8.13. The van der Waals surface area contributed by atoms with Crippen molar-refractivity contribution in [2.45, 2.75) is 13.1 Å². The number of benzene rings is 1. The van der Waals surface area contributed by atoms with Gasteiger partial charge in [-0.1, -0.05) is 6.07 Å². The zero-order valence-electron chi connectivity index (χ0n) is 8.13. The summed E-state index contributed by atoms with van der Waals surface area (Å²) in [6, 6.07) is 2.98. The fraction of sp³-hybridized carbons (Fsp3) is 0.222. The number of halogens is 3. The van der Waals surface area contributed by atoms with Gasteiger partial charge in [-0.2, -0.15) is 13.2 Å². The number of hydrogen-bond acceptors (Lipinski definition) is 3. The topological polar surface area (TPSA) is 58.5 Å². The highest BCUT2D eigenvalue weighted by atomic mass is 19.4. The minimum atomic E-state index is -4.68. The molecule has 16 heavy (non-hydrogen) atoms. The summed E-state index contributed by atoms with van der Waals surface area (Å²) in [6.45, 7) is 1.12. The van der Waals surface area contributed by atoms with Crippen LogP contribution < -0.4 is 5.32 Å². The molecule has 0 atom stereocenters. The Labute approximate surface area is 88.4 Å². The quantitative estimate of drug-likeness (QED) is 0.796. The zero-order chi connectivity index (χ0) is 12.3. The number of nitrogens with one attached hydrogen (secondary N) is 1. The molecule has 1 aromatic rings. The minimum Gasteiger partial charge on any atom is -0.324 e. The van der Waals surface area contributed by atoms with E-state index in [9.17, 15) is 22.9 Å². The van der Waals surface area contributed by atoms with E-state index < -0.39 is 23.3 Å². The summed E-state index contributed by atoms with van der Waals surface area (Å²) in [5.74, 6) is -0.579. The average Bonchev–Trinajstić information content (AvgIpc) is 2.15. The molecule has 0 radical (unpaired) electrons. The van der Waals surface area contributed by atoms with Gasteiger partial charge in [0.05, 0.1) is 11.3 Å². The maximum Gasteiger partial charge on any atom is 0.418 e. The fourth-order valence-corrected chi connectivity index (χ4v) is 1.16. The van der Waals surface area contributed by atoms with Crippen LogP contribution in [0.1, 0.15) is 12.5 Å². The molecule has 0 bridgehead atoms. The van der Waals surface area contributed by atoms with Crippen molar-refractivity contribution in [2.75, 3.05) is 5.32 Å². The first-order valence-electron chi connectivity index (χ1n) is 4.17. The normalized spacial score (nSPS) is 11.0. The molecule has 0 heterocycles. The van der Waals surface area contributed by atoms with Gasteiger partial charge in [0.15, 0.2) is 0 Å². The van der Waals surface area contributed by atoms with Gasteiger partial charge in [-0.15, -0.1) is 4.91 Å². The molecule has 0 aliphatic heterocycles. The van der Waals surface area contributed by atoms with Gasteiger partial charge >= 0.3 is 6.18 Å². The third-order valence-electron chi connectivity index (χ3n) is 1.74. The number of hydrogen-bond donors (Lipinski definition) is 1. The van der Waals surface area contributed by atoms with Crippen LogP contribution in [0, 0.1) is 4.91 Å². The highest BCUT2D eigenvalue weighted by Gasteiger charge is 2.35. The monoisotopic (exact) mass is 232 g/mol. The largest absolute Gasteiger partial charge is 0.418 e. The number of alkyl halides is 3. The summed E-state index contributed by atoms with van der Waals surface area (Å²) in [6.07, 6.45) is -4.68. The van der Waals surface area contributed by atoms with Crippen molar-refractivity contribution in [2.24, 2.45) is 5.18 Å². The van der Waals surface area contributed by atoms with E-state index in [0.29, 0.717) is 0 Å². The van der Waals surface area contributed by atoms with Crippen LogP contribution >= 0.6 is 0 Å². The van der Waals surface area contributed by atoms with Crippen LogP contribution in [0.2, 0.25) is 0 Å². The standard InChI is InChI=1S/C9H7F3N2O2/c1-5(15)13-7-4-2-3-6(8(7)14-16)9(10,11)12/h2-4H,1H3,(H,13,15). The fourth-order valence-electron chi connectivity index (χ4n) is 1.16. The molecule has 1 amide bonds. The second-order valence-electron chi connectivity index (χ2n) is 2.97. The van der Waals surface area contributed by atoms with E-state index in [1.54, 1.807) is 0 Å². The number of anilines is 1. The van der Waals surface area contributed by atoms with Crippen molar-refractivity contribution in [1.82, 2.24) is 0 Å². The Hall–Kier alpha value is -1.92. The molecule has 0 saturated heterocycles. The predicted molar refractivity (Wildman–Crippen MR) is 51.2 cm³/mol. The lowest BCUT2D eigenvalue weighted by atomic mass is 10.1. The molecule has 1 N–H and O–H groups in total. The van der Waals surface area contributed by atoms with Crippen LogP contribution in [0.5, 0.6) is 0 Å². The number of nitrogens with zero attached hydrogens (tertiary/aromatic N) is 1. The summed E-state index contributed by atoms with van der Waals surface area (Å²) in [5.41, 5.74) is -2.24. The molecule has 0 aliphatic carbocycles. The maximum atomic E-state index is 12.4. The first kappa shape index (κ1) is 12.2. The first-order chi connectivity index (χ1) is 7.36. The van der Waals surface area contributed by atoms with Gasteiger partial charge in [0.25, 0.3) is 0 Å². The van der Waals surface area contributed by atoms with Gasteiger partial charge in [0.2, 0.25) is 5.91 Å². The Bertz CT molecular complexity index is 429. The first-order valence-corrected chi connectivity index (χ1v) is 4.17. The number of nitroso groups, excluding NO2 is 1. The van der Waals surface area contributed by atoms with Gasteiger partial charge < -0.3 is 5.32 Å². The lowest BCUT2D eigenvalue weighted by Gasteiger charge is -2.11. The molecular formula is C9H7F3N2O2. The minimum absolute atomic E-state index is 0.252. The molecule has 0 aromatic heterocycles. The molecule has 1 rings (SSSR count). The van der Waals surface area contributed by atoms with E-state index >= 15 is 0 Å². The van der Waals surface area contributed by atoms with Gasteiger partial charge in [0.1, 0.15) is 5.69 Å². The SMILES string of the molecule is CC(=O)Nc1cccc(C(F)(F)F)c1N=O. The Morgan fingerprint density at radius 3 is 2.44 bits per heavy atom. The number of carbonyl (C=O) groups is 1. The summed E-state index contributed by atoms with van der Waals surface area (Å²) in [7, 11) is 0. The lowest BCUT2D eigenvalue weighted by molar-refractivity contribution is -0.137. The Balaban J connectivity index is 3.32. The predicted octanol–water partition coefficient (Wildman–Crippen LogP) is 3.06. The average molecular weight is 232 g/mol. The molecule has 0 saturated carbocycles. The molecule has 7 heteroatoms. The molecule has 0 fully saturated rings. The van der Waals surface area contributed by atoms with Gasteiger partial charge in [0, 0.05) is 6.92 Å². The highest BCUT2D eigenvalue weighted by molar-refractivity contribution is 5.92. The van der Waals surface area contributed by atoms with E-state index in [1.807, 2.05) is 0 Å². The third kappa shape index (κ3) is 2.56. The number of carbonyl (C=O) groups excluding carboxylic acids is 1. The van der Waals surface area contributed by atoms with Crippen molar-refractivity contribution in [3.63, 3.8) is 0 Å². The molecule has 0 aliphatic rings. The van der Waals surface area contributed by atoms with Crippen LogP contribution in [0.3, 0.4) is 0 Å². The van der Waals surface area contributed by atoms with Crippen LogP contribution in [-0.2, 0) is 11.0 Å². The lowest BCUT2D eigenvalue weighted by Crippen LogP contribution is -2.10. The summed E-state index contributed by atoms with van der Waals surface area (Å²) < 4.78 is 37.3. The maximum absolute atomic E-state index is 12.4. The molecule has 86 valence electrons. The van der Waals surface area contributed by atoms with Crippen LogP contribution in [-0.4, -0.2) is 5.91 Å². The Morgan fingerprint density at radius 2 is 2.00 bits per heavy atom. The van der Waals surface area contributed by atoms with Crippen LogP contribution in [0.4, 0.5) is 24.5 Å². The Kier molecular flexibility index (Phi) is 3.26. The van der Waals surface area contributed by atoms with E-state index in [4.69, 9.17) is 0 Å². The van der Waals surface area contributed by atoms with E-state index in [-0.39, 0.29) is 5.69 Å². The molecule has 0 spiro atoms. The van der Waals surface area contributed by atoms with Gasteiger partial charge in [-0.3, -0.25) is 4.79 Å². The molecule has 0 unspecified atom stereocenters.